The molecule has 3 rings (SSSR count). The summed E-state index contributed by atoms with van der Waals surface area (Å²) in [4.78, 5) is 12.8. The number of aliphatic hydroxyl groups is 1. The fourth-order valence-electron chi connectivity index (χ4n) is 3.07. The van der Waals surface area contributed by atoms with Crippen LogP contribution in [-0.4, -0.2) is 16.1 Å². The zero-order valence-electron chi connectivity index (χ0n) is 17.3. The van der Waals surface area contributed by atoms with Gasteiger partial charge in [0.2, 0.25) is 0 Å². The van der Waals surface area contributed by atoms with E-state index in [0.29, 0.717) is 28.2 Å². The van der Waals surface area contributed by atoms with Crippen LogP contribution in [0.5, 0.6) is 5.75 Å². The third-order valence-electron chi connectivity index (χ3n) is 4.78. The maximum absolute atomic E-state index is 12.8. The maximum Gasteiger partial charge on any atom is 0.255 e. The first-order chi connectivity index (χ1) is 14.1. The molecule has 30 heavy (non-hydrogen) atoms. The molecule has 1 amide bonds. The van der Waals surface area contributed by atoms with Gasteiger partial charge in [-0.2, -0.15) is 0 Å². The Kier molecular flexibility index (Phi) is 5.99. The Labute approximate surface area is 176 Å². The molecule has 6 N–H and O–H groups in total. The summed E-state index contributed by atoms with van der Waals surface area (Å²) in [6, 6.07) is 18.8. The van der Waals surface area contributed by atoms with Crippen LogP contribution < -0.4 is 16.4 Å². The van der Waals surface area contributed by atoms with Crippen LogP contribution in [0.25, 0.3) is 0 Å². The fourth-order valence-corrected chi connectivity index (χ4v) is 3.07. The Balaban J connectivity index is 1.82. The zero-order chi connectivity index (χ0) is 21.9. The van der Waals surface area contributed by atoms with Gasteiger partial charge < -0.3 is 26.6 Å². The normalized spacial score (nSPS) is 12.3. The Morgan fingerprint density at radius 1 is 1.00 bits per heavy atom. The van der Waals surface area contributed by atoms with Crippen LogP contribution in [0.1, 0.15) is 48.5 Å². The number of hydrogen-bond acceptors (Lipinski definition) is 5. The number of hydrogen-bond donors (Lipinski definition) is 5. The average molecular weight is 405 g/mol. The number of carbonyl (C=O) groups excluding carboxylic acids is 1. The first-order valence-corrected chi connectivity index (χ1v) is 9.68. The summed E-state index contributed by atoms with van der Waals surface area (Å²) in [5.41, 5.74) is 9.38. The van der Waals surface area contributed by atoms with Gasteiger partial charge in [0.1, 0.15) is 5.75 Å². The van der Waals surface area contributed by atoms with Gasteiger partial charge in [0.05, 0.1) is 5.69 Å². The van der Waals surface area contributed by atoms with Crippen LogP contribution in [0.2, 0.25) is 0 Å². The molecule has 0 aliphatic rings. The molecule has 0 fully saturated rings. The first kappa shape index (κ1) is 21.2. The van der Waals surface area contributed by atoms with Crippen LogP contribution >= 0.6 is 0 Å². The fraction of sp³-hybridized carbons (Fsp3) is 0.208. The van der Waals surface area contributed by atoms with Gasteiger partial charge in [0.25, 0.3) is 5.91 Å². The van der Waals surface area contributed by atoms with Crippen molar-refractivity contribution in [2.75, 3.05) is 16.4 Å². The number of nitrogens with one attached hydrogen (secondary N) is 2. The molecule has 0 radical (unpaired) electrons. The molecule has 0 aromatic heterocycles. The summed E-state index contributed by atoms with van der Waals surface area (Å²) in [5, 5.41) is 26.0. The molecule has 3 aromatic rings. The second-order valence-corrected chi connectivity index (χ2v) is 8.23. The number of phenols is 1. The van der Waals surface area contributed by atoms with Crippen molar-refractivity contribution in [2.24, 2.45) is 0 Å². The van der Waals surface area contributed by atoms with E-state index in [-0.39, 0.29) is 17.1 Å². The van der Waals surface area contributed by atoms with E-state index < -0.39 is 6.23 Å². The highest BCUT2D eigenvalue weighted by Crippen LogP contribution is 2.28. The summed E-state index contributed by atoms with van der Waals surface area (Å²) in [6.45, 7) is 6.34. The molecule has 3 aromatic carbocycles. The molecule has 0 spiro atoms. The van der Waals surface area contributed by atoms with Crippen LogP contribution in [0, 0.1) is 0 Å². The predicted molar refractivity (Wildman–Crippen MR) is 121 cm³/mol. The van der Waals surface area contributed by atoms with Gasteiger partial charge in [-0.05, 0) is 47.4 Å². The minimum absolute atomic E-state index is 0.00227. The molecule has 0 heterocycles. The Morgan fingerprint density at radius 3 is 2.33 bits per heavy atom. The van der Waals surface area contributed by atoms with E-state index in [9.17, 15) is 15.0 Å². The van der Waals surface area contributed by atoms with Gasteiger partial charge in [-0.1, -0.05) is 45.0 Å². The Hall–Kier alpha value is -3.51. The number of aliphatic hydroxyl groups excluding tert-OH is 1. The van der Waals surface area contributed by atoms with Crippen molar-refractivity contribution in [1.82, 2.24) is 0 Å². The highest BCUT2D eigenvalue weighted by Gasteiger charge is 2.17. The smallest absolute Gasteiger partial charge is 0.255 e. The Bertz CT molecular complexity index is 1040. The third-order valence-corrected chi connectivity index (χ3v) is 4.78. The molecule has 1 unspecified atom stereocenters. The number of anilines is 3. The van der Waals surface area contributed by atoms with E-state index in [4.69, 9.17) is 5.73 Å². The molecular formula is C24H27N3O3. The lowest BCUT2D eigenvalue weighted by atomic mass is 9.86. The molecule has 6 heteroatoms. The van der Waals surface area contributed by atoms with Crippen LogP contribution in [0.15, 0.2) is 66.7 Å². The first-order valence-electron chi connectivity index (χ1n) is 9.68. The zero-order valence-corrected chi connectivity index (χ0v) is 17.3. The minimum atomic E-state index is -1.12. The van der Waals surface area contributed by atoms with E-state index in [1.165, 1.54) is 12.1 Å². The monoisotopic (exact) mass is 405 g/mol. The van der Waals surface area contributed by atoms with Gasteiger partial charge in [0.15, 0.2) is 6.23 Å². The standard InChI is InChI=1S/C24H27N3O3/c1-24(2,3)16-9-7-15(8-10-16)22(29)27-21-13-17(25)11-12-20(21)23(30)26-18-5-4-6-19(28)14-18/h4-14,23,26,28,30H,25H2,1-3H3,(H,27,29). The van der Waals surface area contributed by atoms with Crippen molar-refractivity contribution < 1.29 is 15.0 Å². The summed E-state index contributed by atoms with van der Waals surface area (Å²) in [5.74, 6) is -0.219. The topological polar surface area (TPSA) is 108 Å². The lowest BCUT2D eigenvalue weighted by Gasteiger charge is -2.20. The van der Waals surface area contributed by atoms with Crippen molar-refractivity contribution in [3.05, 3.63) is 83.4 Å². The molecule has 156 valence electrons. The van der Waals surface area contributed by atoms with Gasteiger partial charge in [-0.15, -0.1) is 0 Å². The number of nitrogen functional groups attached to an aromatic ring is 1. The number of rotatable bonds is 5. The van der Waals surface area contributed by atoms with E-state index in [2.05, 4.69) is 31.4 Å². The molecule has 0 saturated heterocycles. The molecule has 6 nitrogen and oxygen atoms in total. The lowest BCUT2D eigenvalue weighted by Crippen LogP contribution is -2.18. The van der Waals surface area contributed by atoms with Gasteiger partial charge in [-0.3, -0.25) is 4.79 Å². The highest BCUT2D eigenvalue weighted by molar-refractivity contribution is 6.05. The maximum atomic E-state index is 12.8. The molecule has 0 bridgehead atoms. The summed E-state index contributed by atoms with van der Waals surface area (Å²) < 4.78 is 0. The van der Waals surface area contributed by atoms with Crippen molar-refractivity contribution in [3.8, 4) is 5.75 Å². The van der Waals surface area contributed by atoms with Crippen LogP contribution in [0.3, 0.4) is 0 Å². The van der Waals surface area contributed by atoms with E-state index in [1.54, 1.807) is 42.5 Å². The number of aromatic hydroxyl groups is 1. The van der Waals surface area contributed by atoms with Crippen molar-refractivity contribution in [3.63, 3.8) is 0 Å². The van der Waals surface area contributed by atoms with Crippen molar-refractivity contribution in [1.29, 1.82) is 0 Å². The van der Waals surface area contributed by atoms with E-state index >= 15 is 0 Å². The van der Waals surface area contributed by atoms with Gasteiger partial charge in [0, 0.05) is 28.6 Å². The minimum Gasteiger partial charge on any atom is -0.508 e. The van der Waals surface area contributed by atoms with Crippen molar-refractivity contribution >= 4 is 23.0 Å². The number of carbonyl (C=O) groups is 1. The SMILES string of the molecule is CC(C)(C)c1ccc(C(=O)Nc2cc(N)ccc2C(O)Nc2cccc(O)c2)cc1. The lowest BCUT2D eigenvalue weighted by molar-refractivity contribution is 0.102. The van der Waals surface area contributed by atoms with Gasteiger partial charge >= 0.3 is 0 Å². The summed E-state index contributed by atoms with van der Waals surface area (Å²) >= 11 is 0. The number of amides is 1. The third kappa shape index (κ3) is 5.10. The number of phenolic OH excluding ortho intramolecular Hbond substituents is 1. The molecule has 0 aliphatic heterocycles. The quantitative estimate of drug-likeness (QED) is 0.314. The largest absolute Gasteiger partial charge is 0.508 e. The molecule has 0 aliphatic carbocycles. The predicted octanol–water partition coefficient (Wildman–Crippen LogP) is 4.63. The van der Waals surface area contributed by atoms with Crippen LogP contribution in [0.4, 0.5) is 17.1 Å². The second kappa shape index (κ2) is 8.47. The molecule has 1 atom stereocenters. The Morgan fingerprint density at radius 2 is 1.70 bits per heavy atom. The average Bonchev–Trinajstić information content (AvgIpc) is 2.67. The summed E-state index contributed by atoms with van der Waals surface area (Å²) in [6.07, 6.45) is -1.12. The highest BCUT2D eigenvalue weighted by atomic mass is 16.3. The van der Waals surface area contributed by atoms with Gasteiger partial charge in [-0.25, -0.2) is 0 Å². The second-order valence-electron chi connectivity index (χ2n) is 8.23. The number of nitrogens with two attached hydrogens (primary N) is 1. The van der Waals surface area contributed by atoms with E-state index in [1.807, 2.05) is 12.1 Å². The van der Waals surface area contributed by atoms with E-state index in [0.717, 1.165) is 5.56 Å². The van der Waals surface area contributed by atoms with Crippen molar-refractivity contribution in [2.45, 2.75) is 32.4 Å². The molecular weight excluding hydrogens is 378 g/mol. The molecule has 0 saturated carbocycles. The van der Waals surface area contributed by atoms with Crippen LogP contribution in [-0.2, 0) is 5.41 Å². The summed E-state index contributed by atoms with van der Waals surface area (Å²) in [7, 11) is 0. The number of benzene rings is 3.